The minimum absolute atomic E-state index is 0.170. The van der Waals surface area contributed by atoms with Crippen LogP contribution in [0.4, 0.5) is 4.79 Å². The molecule has 1 rings (SSSR count). The van der Waals surface area contributed by atoms with Gasteiger partial charge in [0.25, 0.3) is 0 Å². The van der Waals surface area contributed by atoms with Gasteiger partial charge in [0.05, 0.1) is 11.7 Å². The van der Waals surface area contributed by atoms with E-state index in [0.717, 1.165) is 18.5 Å². The zero-order valence-corrected chi connectivity index (χ0v) is 23.5. The van der Waals surface area contributed by atoms with Crippen LogP contribution in [-0.4, -0.2) is 45.9 Å². The van der Waals surface area contributed by atoms with Crippen molar-refractivity contribution in [3.8, 4) is 5.88 Å². The summed E-state index contributed by atoms with van der Waals surface area (Å²) >= 11 is 0. The first-order chi connectivity index (χ1) is 16.7. The first kappa shape index (κ1) is 33.0. The third-order valence-electron chi connectivity index (χ3n) is 5.86. The van der Waals surface area contributed by atoms with Gasteiger partial charge in [-0.1, -0.05) is 96.8 Å². The lowest BCUT2D eigenvalue weighted by Gasteiger charge is -2.13. The Morgan fingerprint density at radius 1 is 0.886 bits per heavy atom. The average molecular weight is 496 g/mol. The second-order valence-electron chi connectivity index (χ2n) is 10.0. The van der Waals surface area contributed by atoms with Gasteiger partial charge in [-0.05, 0) is 27.2 Å². The van der Waals surface area contributed by atoms with Crippen LogP contribution in [0, 0.1) is 6.92 Å². The topological polar surface area (TPSA) is 84.7 Å². The summed E-state index contributed by atoms with van der Waals surface area (Å²) in [5, 5.41) is 12.8. The van der Waals surface area contributed by atoms with E-state index < -0.39 is 12.1 Å². The van der Waals surface area contributed by atoms with Crippen molar-refractivity contribution in [2.24, 2.45) is 0 Å². The molecule has 7 heteroatoms. The summed E-state index contributed by atoms with van der Waals surface area (Å²) in [5.41, 5.74) is 0.838. The third-order valence-corrected chi connectivity index (χ3v) is 5.86. The summed E-state index contributed by atoms with van der Waals surface area (Å²) < 4.78 is 6.87. The summed E-state index contributed by atoms with van der Waals surface area (Å²) in [6.07, 6.45) is 19.8. The summed E-state index contributed by atoms with van der Waals surface area (Å²) in [5.74, 6) is -0.166. The van der Waals surface area contributed by atoms with Gasteiger partial charge in [0.2, 0.25) is 5.88 Å². The van der Waals surface area contributed by atoms with Crippen LogP contribution in [0.25, 0.3) is 0 Å². The molecule has 0 radical (unpaired) electrons. The Hall–Kier alpha value is -2.05. The minimum atomic E-state index is -0.653. The molecule has 0 spiro atoms. The molecule has 1 aromatic rings. The maximum Gasteiger partial charge on any atom is 0.416 e. The fraction of sp³-hybridized carbons (Fsp3) is 0.821. The third kappa shape index (κ3) is 18.9. The van der Waals surface area contributed by atoms with Gasteiger partial charge in [-0.15, -0.1) is 0 Å². The number of carboxylic acid groups (broad SMARTS) is 1. The number of aliphatic carboxylic acids is 1. The Balaban J connectivity index is 0.000000686. The van der Waals surface area contributed by atoms with Crippen molar-refractivity contribution in [3.05, 3.63) is 11.8 Å². The molecule has 0 aliphatic carbocycles. The number of carboxylic acids is 1. The number of hydrogen-bond acceptors (Lipinski definition) is 4. The Labute approximate surface area is 214 Å². The molecule has 204 valence electrons. The van der Waals surface area contributed by atoms with Gasteiger partial charge in [-0.3, -0.25) is 4.79 Å². The van der Waals surface area contributed by atoms with Crippen molar-refractivity contribution >= 4 is 12.1 Å². The molecule has 1 amide bonds. The Morgan fingerprint density at radius 3 is 1.69 bits per heavy atom. The van der Waals surface area contributed by atoms with E-state index in [-0.39, 0.29) is 6.04 Å². The van der Waals surface area contributed by atoms with Gasteiger partial charge in [-0.2, -0.15) is 5.10 Å². The maximum atomic E-state index is 11.4. The fourth-order valence-corrected chi connectivity index (χ4v) is 3.77. The number of aryl methyl sites for hydroxylation is 1. The molecule has 7 nitrogen and oxygen atoms in total. The summed E-state index contributed by atoms with van der Waals surface area (Å²) in [4.78, 5) is 23.1. The van der Waals surface area contributed by atoms with Crippen molar-refractivity contribution in [2.45, 2.75) is 136 Å². The molecule has 0 atom stereocenters. The Bertz CT molecular complexity index is 671. The van der Waals surface area contributed by atoms with Crippen LogP contribution >= 0.6 is 0 Å². The lowest BCUT2D eigenvalue weighted by atomic mass is 10.0. The van der Waals surface area contributed by atoms with Gasteiger partial charge in [0, 0.05) is 26.6 Å². The lowest BCUT2D eigenvalue weighted by molar-refractivity contribution is -0.137. The van der Waals surface area contributed by atoms with Gasteiger partial charge in [-0.25, -0.2) is 9.48 Å². The van der Waals surface area contributed by atoms with Crippen LogP contribution in [0.3, 0.4) is 0 Å². The highest BCUT2D eigenvalue weighted by Gasteiger charge is 2.14. The number of hydrogen-bond donors (Lipinski definition) is 1. The molecule has 0 aliphatic heterocycles. The largest absolute Gasteiger partial charge is 0.481 e. The highest BCUT2D eigenvalue weighted by atomic mass is 16.6. The standard InChI is InChI=1S/C18H36O2.C10H17N3O2/c1-2-3-4-5-6-7-8-9-10-11-12-13-14-15-16-17-18(19)20;1-7(2)13-9(6-8(3)11-13)15-10(14)12(4)5/h2-17H2,1H3,(H,19,20);6-7H,1-5H3. The van der Waals surface area contributed by atoms with Gasteiger partial charge >= 0.3 is 12.1 Å². The van der Waals surface area contributed by atoms with Crippen LogP contribution in [-0.2, 0) is 4.79 Å². The van der Waals surface area contributed by atoms with Crippen molar-refractivity contribution in [1.29, 1.82) is 0 Å². The van der Waals surface area contributed by atoms with Crippen molar-refractivity contribution in [2.75, 3.05) is 14.1 Å². The van der Waals surface area contributed by atoms with E-state index >= 15 is 0 Å². The van der Waals surface area contributed by atoms with E-state index in [1.165, 1.54) is 88.4 Å². The molecular formula is C28H53N3O4. The summed E-state index contributed by atoms with van der Waals surface area (Å²) in [7, 11) is 3.29. The second kappa shape index (κ2) is 21.3. The first-order valence-corrected chi connectivity index (χ1v) is 13.9. The number of unbranched alkanes of at least 4 members (excludes halogenated alkanes) is 14. The van der Waals surface area contributed by atoms with E-state index in [4.69, 9.17) is 9.84 Å². The predicted molar refractivity (Wildman–Crippen MR) is 144 cm³/mol. The van der Waals surface area contributed by atoms with Crippen LogP contribution in [0.2, 0.25) is 0 Å². The number of rotatable bonds is 18. The average Bonchev–Trinajstić information content (AvgIpc) is 3.17. The zero-order valence-electron chi connectivity index (χ0n) is 23.5. The SMILES string of the molecule is CCCCCCCCCCCCCCCCCC(=O)O.Cc1cc(OC(=O)N(C)C)n(C(C)C)n1. The van der Waals surface area contributed by atoms with Gasteiger partial charge in [0.1, 0.15) is 0 Å². The fourth-order valence-electron chi connectivity index (χ4n) is 3.77. The number of carbonyl (C=O) groups is 2. The maximum absolute atomic E-state index is 11.4. The second-order valence-corrected chi connectivity index (χ2v) is 10.0. The van der Waals surface area contributed by atoms with Crippen molar-refractivity contribution in [1.82, 2.24) is 14.7 Å². The van der Waals surface area contributed by atoms with Crippen molar-refractivity contribution < 1.29 is 19.4 Å². The Kier molecular flexibility index (Phi) is 20.0. The smallest absolute Gasteiger partial charge is 0.416 e. The number of nitrogens with zero attached hydrogens (tertiary/aromatic N) is 3. The molecule has 1 N–H and O–H groups in total. The van der Waals surface area contributed by atoms with E-state index in [1.54, 1.807) is 24.8 Å². The number of carbonyl (C=O) groups excluding carboxylic acids is 1. The van der Waals surface area contributed by atoms with E-state index in [0.29, 0.717) is 12.3 Å². The van der Waals surface area contributed by atoms with E-state index in [1.807, 2.05) is 20.8 Å². The number of ether oxygens (including phenoxy) is 1. The molecule has 0 saturated carbocycles. The first-order valence-electron chi connectivity index (χ1n) is 13.9. The monoisotopic (exact) mass is 495 g/mol. The van der Waals surface area contributed by atoms with Crippen LogP contribution < -0.4 is 4.74 Å². The molecule has 1 aromatic heterocycles. The highest BCUT2D eigenvalue weighted by molar-refractivity contribution is 5.69. The molecule has 35 heavy (non-hydrogen) atoms. The lowest BCUT2D eigenvalue weighted by Crippen LogP contribution is -2.26. The van der Waals surface area contributed by atoms with E-state index in [2.05, 4.69) is 12.0 Å². The number of amides is 1. The molecule has 0 fully saturated rings. The highest BCUT2D eigenvalue weighted by Crippen LogP contribution is 2.19. The molecule has 0 bridgehead atoms. The van der Waals surface area contributed by atoms with E-state index in [9.17, 15) is 9.59 Å². The minimum Gasteiger partial charge on any atom is -0.481 e. The molecule has 0 aromatic carbocycles. The van der Waals surface area contributed by atoms with Crippen LogP contribution in [0.15, 0.2) is 6.07 Å². The molecule has 0 saturated heterocycles. The normalized spacial score (nSPS) is 10.7. The molecule has 0 aliphatic rings. The van der Waals surface area contributed by atoms with Crippen LogP contribution in [0.5, 0.6) is 5.88 Å². The van der Waals surface area contributed by atoms with Gasteiger partial charge < -0.3 is 14.7 Å². The predicted octanol–water partition coefficient (Wildman–Crippen LogP) is 8.17. The quantitative estimate of drug-likeness (QED) is 0.208. The zero-order chi connectivity index (χ0) is 26.5. The number of aromatic nitrogens is 2. The summed E-state index contributed by atoms with van der Waals surface area (Å²) in [6.45, 7) is 8.11. The summed E-state index contributed by atoms with van der Waals surface area (Å²) in [6, 6.07) is 1.92. The van der Waals surface area contributed by atoms with Crippen molar-refractivity contribution in [3.63, 3.8) is 0 Å². The molecule has 0 unspecified atom stereocenters. The van der Waals surface area contributed by atoms with Crippen LogP contribution in [0.1, 0.15) is 135 Å². The molecule has 1 heterocycles. The van der Waals surface area contributed by atoms with Gasteiger partial charge in [0.15, 0.2) is 0 Å². The Morgan fingerprint density at radius 2 is 1.31 bits per heavy atom. The molecular weight excluding hydrogens is 442 g/mol.